The Hall–Kier alpha value is -1.45. The van der Waals surface area contributed by atoms with Crippen molar-refractivity contribution in [2.75, 3.05) is 12.5 Å². The van der Waals surface area contributed by atoms with E-state index in [9.17, 15) is 34.8 Å². The topological polar surface area (TPSA) is 101 Å². The average Bonchev–Trinajstić information content (AvgIpc) is 2.44. The molecule has 0 heterocycles. The predicted octanol–water partition coefficient (Wildman–Crippen LogP) is 2.78. The van der Waals surface area contributed by atoms with E-state index < -0.39 is 42.1 Å². The minimum atomic E-state index is -6.09. The maximum Gasteiger partial charge on any atom is 0.534 e. The van der Waals surface area contributed by atoms with Crippen molar-refractivity contribution in [1.82, 2.24) is 0 Å². The van der Waals surface area contributed by atoms with Crippen molar-refractivity contribution in [3.05, 3.63) is 41.3 Å². The summed E-state index contributed by atoms with van der Waals surface area (Å²) in [5, 5.41) is 1.35. The standard InChI is InChI=1S/C11H12F3O3S2.CHF3O3S/c1-18(2)8-10(9-6-4-3-5-7-9)17-19(15,16)11(12,13)14;2-1(3,4)8(5,6)7/h3-8H,1-2H3;(H,5,6,7)/q+1;/p-1/b10-8-;. The van der Waals surface area contributed by atoms with Crippen LogP contribution in [-0.2, 0) is 35.3 Å². The first-order valence-electron chi connectivity index (χ1n) is 6.25. The molecule has 0 aliphatic carbocycles. The van der Waals surface area contributed by atoms with Crippen LogP contribution >= 0.6 is 0 Å². The molecule has 1 aromatic carbocycles. The second-order valence-electron chi connectivity index (χ2n) is 4.61. The van der Waals surface area contributed by atoms with Crippen LogP contribution in [0.15, 0.2) is 35.7 Å². The number of hydrogen-bond donors (Lipinski definition) is 0. The summed E-state index contributed by atoms with van der Waals surface area (Å²) in [4.78, 5) is 0. The molecule has 6 nitrogen and oxygen atoms in total. The van der Waals surface area contributed by atoms with Crippen LogP contribution in [0.2, 0.25) is 0 Å². The molecule has 0 aromatic heterocycles. The lowest BCUT2D eigenvalue weighted by Crippen LogP contribution is -2.25. The Bertz CT molecular complexity index is 842. The van der Waals surface area contributed by atoms with Crippen LogP contribution < -0.4 is 0 Å². The normalized spacial score (nSPS) is 13.8. The first-order valence-corrected chi connectivity index (χ1v) is 11.2. The molecule has 0 amide bonds. The van der Waals surface area contributed by atoms with Crippen LogP contribution in [0, 0.1) is 0 Å². The van der Waals surface area contributed by atoms with E-state index in [0.717, 1.165) is 0 Å². The number of rotatable bonds is 4. The van der Waals surface area contributed by atoms with Crippen molar-refractivity contribution in [2.24, 2.45) is 0 Å². The minimum absolute atomic E-state index is 0.275. The van der Waals surface area contributed by atoms with Crippen LogP contribution in [0.5, 0.6) is 0 Å². The van der Waals surface area contributed by atoms with Crippen molar-refractivity contribution in [2.45, 2.75) is 11.0 Å². The van der Waals surface area contributed by atoms with Gasteiger partial charge in [0.15, 0.2) is 21.3 Å². The quantitative estimate of drug-likeness (QED) is 0.170. The summed E-state index contributed by atoms with van der Waals surface area (Å²) in [5.74, 6) is -0.314. The maximum atomic E-state index is 12.3. The second-order valence-corrected chi connectivity index (χ2v) is 9.51. The van der Waals surface area contributed by atoms with Crippen LogP contribution in [0.1, 0.15) is 5.56 Å². The fourth-order valence-electron chi connectivity index (χ4n) is 1.12. The van der Waals surface area contributed by atoms with Crippen molar-refractivity contribution < 1.29 is 51.9 Å². The molecule has 0 atom stereocenters. The Morgan fingerprint density at radius 1 is 0.963 bits per heavy atom. The molecule has 0 bridgehead atoms. The van der Waals surface area contributed by atoms with Gasteiger partial charge < -0.3 is 8.74 Å². The third-order valence-electron chi connectivity index (χ3n) is 2.17. The van der Waals surface area contributed by atoms with Crippen molar-refractivity contribution in [1.29, 1.82) is 0 Å². The third-order valence-corrected chi connectivity index (χ3v) is 4.39. The Labute approximate surface area is 154 Å². The van der Waals surface area contributed by atoms with E-state index in [1.165, 1.54) is 17.5 Å². The summed E-state index contributed by atoms with van der Waals surface area (Å²) >= 11 is 0. The zero-order valence-electron chi connectivity index (χ0n) is 13.4. The molecule has 0 unspecified atom stereocenters. The second kappa shape index (κ2) is 9.16. The van der Waals surface area contributed by atoms with Gasteiger partial charge in [0, 0.05) is 16.5 Å². The van der Waals surface area contributed by atoms with Gasteiger partial charge in [-0.15, -0.1) is 0 Å². The van der Waals surface area contributed by atoms with Gasteiger partial charge in [0.25, 0.3) is 0 Å². The molecular formula is C12H12F6O6S3. The first kappa shape index (κ1) is 25.6. The lowest BCUT2D eigenvalue weighted by Gasteiger charge is -2.11. The molecule has 27 heavy (non-hydrogen) atoms. The summed E-state index contributed by atoms with van der Waals surface area (Å²) in [6, 6.07) is 7.78. The van der Waals surface area contributed by atoms with Gasteiger partial charge >= 0.3 is 21.1 Å². The van der Waals surface area contributed by atoms with Crippen molar-refractivity contribution in [3.63, 3.8) is 0 Å². The average molecular weight is 462 g/mol. The summed E-state index contributed by atoms with van der Waals surface area (Å²) in [6.07, 6.45) is 3.46. The predicted molar refractivity (Wildman–Crippen MR) is 85.4 cm³/mol. The Kier molecular flexibility index (Phi) is 8.67. The molecule has 156 valence electrons. The lowest BCUT2D eigenvalue weighted by molar-refractivity contribution is -0.0519. The van der Waals surface area contributed by atoms with Gasteiger partial charge in [-0.2, -0.15) is 34.8 Å². The molecular weight excluding hydrogens is 450 g/mol. The number of alkyl halides is 6. The van der Waals surface area contributed by atoms with Crippen LogP contribution in [-0.4, -0.2) is 44.9 Å². The monoisotopic (exact) mass is 462 g/mol. The number of benzene rings is 1. The first-order chi connectivity index (χ1) is 11.9. The van der Waals surface area contributed by atoms with Crippen LogP contribution in [0.4, 0.5) is 26.3 Å². The Morgan fingerprint density at radius 2 is 1.37 bits per heavy atom. The lowest BCUT2D eigenvalue weighted by atomic mass is 10.2. The highest BCUT2D eigenvalue weighted by molar-refractivity contribution is 7.98. The molecule has 0 aliphatic rings. The van der Waals surface area contributed by atoms with Gasteiger partial charge in [0.2, 0.25) is 0 Å². The SMILES string of the molecule is C[S+](C)/C=C(\OS(=O)(=O)C(F)(F)F)c1ccccc1.O=S(=O)([O-])C(F)(F)F. The molecule has 0 aliphatic heterocycles. The molecule has 0 saturated heterocycles. The summed E-state index contributed by atoms with van der Waals surface area (Å²) in [5.41, 5.74) is -10.8. The van der Waals surface area contributed by atoms with Gasteiger partial charge in [-0.3, -0.25) is 0 Å². The molecule has 0 saturated carbocycles. The Morgan fingerprint density at radius 3 is 1.67 bits per heavy atom. The summed E-state index contributed by atoms with van der Waals surface area (Å²) in [7, 11) is -12.2. The molecule has 0 radical (unpaired) electrons. The van der Waals surface area contributed by atoms with Gasteiger partial charge in [-0.05, 0) is 0 Å². The highest BCUT2D eigenvalue weighted by atomic mass is 32.2. The van der Waals surface area contributed by atoms with Crippen molar-refractivity contribution in [3.8, 4) is 0 Å². The summed E-state index contributed by atoms with van der Waals surface area (Å²) in [6.45, 7) is 0. The van der Waals surface area contributed by atoms with Crippen LogP contribution in [0.3, 0.4) is 0 Å². The minimum Gasteiger partial charge on any atom is -0.741 e. The van der Waals surface area contributed by atoms with E-state index >= 15 is 0 Å². The zero-order chi connectivity index (χ0) is 21.7. The molecule has 15 heteroatoms. The molecule has 0 spiro atoms. The van der Waals surface area contributed by atoms with E-state index in [0.29, 0.717) is 0 Å². The fraction of sp³-hybridized carbons (Fsp3) is 0.333. The van der Waals surface area contributed by atoms with E-state index in [2.05, 4.69) is 4.18 Å². The van der Waals surface area contributed by atoms with Gasteiger partial charge in [0.05, 0.1) is 0 Å². The molecule has 1 aromatic rings. The van der Waals surface area contributed by atoms with Crippen LogP contribution in [0.25, 0.3) is 5.76 Å². The van der Waals surface area contributed by atoms with Crippen molar-refractivity contribution >= 4 is 36.9 Å². The largest absolute Gasteiger partial charge is 0.741 e. The number of halogens is 6. The number of hydrogen-bond acceptors (Lipinski definition) is 6. The van der Waals surface area contributed by atoms with Gasteiger partial charge in [0.1, 0.15) is 12.5 Å². The van der Waals surface area contributed by atoms with Gasteiger partial charge in [-0.25, -0.2) is 8.42 Å². The summed E-state index contributed by atoms with van der Waals surface area (Å²) < 4.78 is 122. The Balaban J connectivity index is 0.000000713. The van der Waals surface area contributed by atoms with E-state index in [-0.39, 0.29) is 11.3 Å². The van der Waals surface area contributed by atoms with E-state index in [1.807, 2.05) is 0 Å². The van der Waals surface area contributed by atoms with Gasteiger partial charge in [-0.1, -0.05) is 30.3 Å². The molecule has 1 rings (SSSR count). The fourth-order valence-corrected chi connectivity index (χ4v) is 2.27. The molecule has 0 N–H and O–H groups in total. The van der Waals surface area contributed by atoms with E-state index in [4.69, 9.17) is 13.0 Å². The maximum absolute atomic E-state index is 12.3. The molecule has 0 fully saturated rings. The zero-order valence-corrected chi connectivity index (χ0v) is 15.9. The highest BCUT2D eigenvalue weighted by Gasteiger charge is 2.49. The highest BCUT2D eigenvalue weighted by Crippen LogP contribution is 2.30. The third kappa shape index (κ3) is 8.85. The smallest absolute Gasteiger partial charge is 0.534 e. The van der Waals surface area contributed by atoms with E-state index in [1.54, 1.807) is 30.7 Å².